The average Bonchev–Trinajstić information content (AvgIpc) is 3.19. The van der Waals surface area contributed by atoms with E-state index in [9.17, 15) is 9.18 Å². The van der Waals surface area contributed by atoms with E-state index in [0.717, 1.165) is 11.3 Å². The smallest absolute Gasteiger partial charge is 0.279 e. The molecule has 0 saturated carbocycles. The van der Waals surface area contributed by atoms with Crippen molar-refractivity contribution in [3.63, 3.8) is 0 Å². The molecule has 1 N–H and O–H groups in total. The van der Waals surface area contributed by atoms with Crippen LogP contribution in [-0.2, 0) is 0 Å². The maximum Gasteiger partial charge on any atom is 0.279 e. The molecule has 8 heteroatoms. The number of nitrogens with one attached hydrogen (secondary N) is 1. The topological polar surface area (TPSA) is 72.7 Å². The summed E-state index contributed by atoms with van der Waals surface area (Å²) in [7, 11) is 0. The van der Waals surface area contributed by atoms with Gasteiger partial charge in [0, 0.05) is 0 Å². The third-order valence-electron chi connectivity index (χ3n) is 4.04. The van der Waals surface area contributed by atoms with E-state index in [2.05, 4.69) is 20.6 Å². The first kappa shape index (κ1) is 16.3. The van der Waals surface area contributed by atoms with Gasteiger partial charge in [0.05, 0.1) is 16.1 Å². The van der Waals surface area contributed by atoms with Crippen LogP contribution < -0.4 is 5.32 Å². The quantitative estimate of drug-likeness (QED) is 0.596. The number of amides is 1. The van der Waals surface area contributed by atoms with Gasteiger partial charge < -0.3 is 0 Å². The summed E-state index contributed by atoms with van der Waals surface area (Å²) in [6.07, 6.45) is 0. The van der Waals surface area contributed by atoms with Crippen LogP contribution in [0.5, 0.6) is 0 Å². The van der Waals surface area contributed by atoms with E-state index in [-0.39, 0.29) is 11.2 Å². The maximum atomic E-state index is 13.8. The predicted octanol–water partition coefficient (Wildman–Crippen LogP) is 3.89. The molecule has 130 valence electrons. The molecule has 0 bridgehead atoms. The van der Waals surface area contributed by atoms with E-state index in [0.29, 0.717) is 15.5 Å². The van der Waals surface area contributed by atoms with Crippen LogP contribution in [0.1, 0.15) is 21.7 Å². The number of anilines is 1. The van der Waals surface area contributed by atoms with Gasteiger partial charge in [-0.25, -0.2) is 14.1 Å². The third kappa shape index (κ3) is 2.74. The van der Waals surface area contributed by atoms with Crippen molar-refractivity contribution in [1.82, 2.24) is 20.0 Å². The van der Waals surface area contributed by atoms with Crippen LogP contribution in [0.3, 0.4) is 0 Å². The molecular weight excluding hydrogens is 353 g/mol. The molecule has 1 amide bonds. The molecule has 0 aliphatic heterocycles. The molecule has 0 fully saturated rings. The SMILES string of the molecule is Cc1ccccc1-n1nnc(C(=O)Nc2nc3c(F)cccc3s2)c1C. The molecule has 2 heterocycles. The number of thiazole rings is 1. The third-order valence-corrected chi connectivity index (χ3v) is 4.98. The number of fused-ring (bicyclic) bond motifs is 1. The Morgan fingerprint density at radius 2 is 1.96 bits per heavy atom. The molecule has 6 nitrogen and oxygen atoms in total. The van der Waals surface area contributed by atoms with E-state index in [4.69, 9.17) is 0 Å². The molecule has 4 aromatic rings. The fraction of sp³-hybridized carbons (Fsp3) is 0.111. The van der Waals surface area contributed by atoms with Crippen molar-refractivity contribution in [3.8, 4) is 5.69 Å². The molecule has 4 rings (SSSR count). The number of halogens is 1. The predicted molar refractivity (Wildman–Crippen MR) is 98.4 cm³/mol. The highest BCUT2D eigenvalue weighted by Gasteiger charge is 2.19. The number of benzene rings is 2. The molecular formula is C18H14FN5OS. The Balaban J connectivity index is 1.64. The van der Waals surface area contributed by atoms with Gasteiger partial charge >= 0.3 is 0 Å². The molecule has 0 spiro atoms. The van der Waals surface area contributed by atoms with E-state index >= 15 is 0 Å². The molecule has 2 aromatic heterocycles. The lowest BCUT2D eigenvalue weighted by Crippen LogP contribution is -2.14. The molecule has 0 saturated heterocycles. The zero-order valence-electron chi connectivity index (χ0n) is 14.0. The second-order valence-corrected chi connectivity index (χ2v) is 6.81. The summed E-state index contributed by atoms with van der Waals surface area (Å²) < 4.78 is 16.1. The minimum atomic E-state index is -0.429. The number of hydrogen-bond acceptors (Lipinski definition) is 5. The number of carbonyl (C=O) groups excluding carboxylic acids is 1. The Hall–Kier alpha value is -3.13. The largest absolute Gasteiger partial charge is 0.296 e. The van der Waals surface area contributed by atoms with Gasteiger partial charge in [-0.3, -0.25) is 10.1 Å². The van der Waals surface area contributed by atoms with Crippen molar-refractivity contribution < 1.29 is 9.18 Å². The molecule has 26 heavy (non-hydrogen) atoms. The van der Waals surface area contributed by atoms with Crippen molar-refractivity contribution >= 4 is 32.6 Å². The highest BCUT2D eigenvalue weighted by molar-refractivity contribution is 7.22. The van der Waals surface area contributed by atoms with Crippen LogP contribution in [0.2, 0.25) is 0 Å². The van der Waals surface area contributed by atoms with Crippen LogP contribution in [-0.4, -0.2) is 25.9 Å². The summed E-state index contributed by atoms with van der Waals surface area (Å²) in [6.45, 7) is 3.74. The molecule has 0 radical (unpaired) electrons. The van der Waals surface area contributed by atoms with Gasteiger partial charge in [-0.1, -0.05) is 40.8 Å². The normalized spacial score (nSPS) is 11.0. The van der Waals surface area contributed by atoms with Crippen molar-refractivity contribution in [2.24, 2.45) is 0 Å². The molecule has 0 aliphatic carbocycles. The lowest BCUT2D eigenvalue weighted by atomic mass is 10.2. The van der Waals surface area contributed by atoms with Crippen LogP contribution in [0.15, 0.2) is 42.5 Å². The number of aryl methyl sites for hydroxylation is 1. The standard InChI is InChI=1S/C18H14FN5OS/c1-10-6-3-4-8-13(10)24-11(2)15(22-23-24)17(25)21-18-20-16-12(19)7-5-9-14(16)26-18/h3-9H,1-2H3,(H,20,21,25). The van der Waals surface area contributed by atoms with Crippen LogP contribution in [0.4, 0.5) is 9.52 Å². The molecule has 0 atom stereocenters. The first-order valence-electron chi connectivity index (χ1n) is 7.89. The maximum absolute atomic E-state index is 13.8. The lowest BCUT2D eigenvalue weighted by Gasteiger charge is -2.06. The summed E-state index contributed by atoms with van der Waals surface area (Å²) in [4.78, 5) is 16.7. The zero-order chi connectivity index (χ0) is 18.3. The number of para-hydroxylation sites is 2. The lowest BCUT2D eigenvalue weighted by molar-refractivity contribution is 0.102. The fourth-order valence-electron chi connectivity index (χ4n) is 2.69. The van der Waals surface area contributed by atoms with E-state index in [1.165, 1.54) is 17.4 Å². The van der Waals surface area contributed by atoms with Gasteiger partial charge in [0.2, 0.25) is 0 Å². The zero-order valence-corrected chi connectivity index (χ0v) is 14.8. The molecule has 0 unspecified atom stereocenters. The highest BCUT2D eigenvalue weighted by Crippen LogP contribution is 2.28. The Morgan fingerprint density at radius 3 is 2.73 bits per heavy atom. The number of carbonyl (C=O) groups is 1. The van der Waals surface area contributed by atoms with Gasteiger partial charge in [0.1, 0.15) is 11.3 Å². The Kier molecular flexibility index (Phi) is 3.96. The number of aromatic nitrogens is 4. The van der Waals surface area contributed by atoms with Crippen LogP contribution >= 0.6 is 11.3 Å². The first-order chi connectivity index (χ1) is 12.5. The van der Waals surface area contributed by atoms with Gasteiger partial charge in [-0.2, -0.15) is 0 Å². The minimum Gasteiger partial charge on any atom is -0.296 e. The minimum absolute atomic E-state index is 0.202. The van der Waals surface area contributed by atoms with Crippen LogP contribution in [0, 0.1) is 19.7 Å². The van der Waals surface area contributed by atoms with Crippen molar-refractivity contribution in [3.05, 3.63) is 65.2 Å². The molecule has 0 aliphatic rings. The summed E-state index contributed by atoms with van der Waals surface area (Å²) in [5.41, 5.74) is 2.94. The van der Waals surface area contributed by atoms with Gasteiger partial charge in [0.25, 0.3) is 5.91 Å². The van der Waals surface area contributed by atoms with Gasteiger partial charge in [0.15, 0.2) is 10.8 Å². The van der Waals surface area contributed by atoms with Crippen molar-refractivity contribution in [2.45, 2.75) is 13.8 Å². The Morgan fingerprint density at radius 1 is 1.15 bits per heavy atom. The number of rotatable bonds is 3. The highest BCUT2D eigenvalue weighted by atomic mass is 32.1. The summed E-state index contributed by atoms with van der Waals surface area (Å²) in [5, 5.41) is 11.1. The fourth-order valence-corrected chi connectivity index (χ4v) is 3.57. The van der Waals surface area contributed by atoms with Gasteiger partial charge in [-0.05, 0) is 37.6 Å². The summed E-state index contributed by atoms with van der Waals surface area (Å²) in [6, 6.07) is 12.4. The van der Waals surface area contributed by atoms with E-state index in [1.54, 1.807) is 23.7 Å². The summed E-state index contributed by atoms with van der Waals surface area (Å²) in [5.74, 6) is -0.845. The van der Waals surface area contributed by atoms with Crippen molar-refractivity contribution in [1.29, 1.82) is 0 Å². The van der Waals surface area contributed by atoms with E-state index < -0.39 is 11.7 Å². The Bertz CT molecular complexity index is 1130. The number of hydrogen-bond donors (Lipinski definition) is 1. The Labute approximate surface area is 152 Å². The molecule has 2 aromatic carbocycles. The van der Waals surface area contributed by atoms with E-state index in [1.807, 2.05) is 31.2 Å². The average molecular weight is 367 g/mol. The second kappa shape index (κ2) is 6.30. The van der Waals surface area contributed by atoms with Crippen LogP contribution in [0.25, 0.3) is 15.9 Å². The van der Waals surface area contributed by atoms with Gasteiger partial charge in [-0.15, -0.1) is 5.10 Å². The second-order valence-electron chi connectivity index (χ2n) is 5.78. The monoisotopic (exact) mass is 367 g/mol. The first-order valence-corrected chi connectivity index (χ1v) is 8.71. The summed E-state index contributed by atoms with van der Waals surface area (Å²) >= 11 is 1.21. The number of nitrogens with zero attached hydrogens (tertiary/aromatic N) is 4. The van der Waals surface area contributed by atoms with Crippen molar-refractivity contribution in [2.75, 3.05) is 5.32 Å².